The summed E-state index contributed by atoms with van der Waals surface area (Å²) >= 11 is 0. The Kier molecular flexibility index (Phi) is 6.12. The fourth-order valence-corrected chi connectivity index (χ4v) is 3.90. The molecule has 0 spiro atoms. The Hall–Kier alpha value is -3.76. The lowest BCUT2D eigenvalue weighted by Gasteiger charge is -2.29. The van der Waals surface area contributed by atoms with Crippen molar-refractivity contribution in [3.63, 3.8) is 0 Å². The van der Waals surface area contributed by atoms with Gasteiger partial charge in [-0.05, 0) is 25.3 Å². The van der Waals surface area contributed by atoms with Gasteiger partial charge in [-0.15, -0.1) is 0 Å². The number of carbonyl (C=O) groups excluding carboxylic acids is 1. The number of aromatic nitrogens is 4. The second-order valence-corrected chi connectivity index (χ2v) is 7.73. The summed E-state index contributed by atoms with van der Waals surface area (Å²) in [6.07, 6.45) is 0.718. The zero-order chi connectivity index (χ0) is 23.6. The predicted molar refractivity (Wildman–Crippen MR) is 116 cm³/mol. The molecule has 1 aromatic carbocycles. The molecule has 1 fully saturated rings. The van der Waals surface area contributed by atoms with Gasteiger partial charge in [0.2, 0.25) is 0 Å². The summed E-state index contributed by atoms with van der Waals surface area (Å²) < 4.78 is 40.3. The number of hydrogen-bond donors (Lipinski definition) is 2. The first-order chi connectivity index (χ1) is 15.7. The van der Waals surface area contributed by atoms with E-state index in [-0.39, 0.29) is 29.2 Å². The van der Waals surface area contributed by atoms with Crippen molar-refractivity contribution >= 4 is 17.3 Å². The molecule has 0 unspecified atom stereocenters. The number of H-pyrrole nitrogens is 1. The van der Waals surface area contributed by atoms with Crippen molar-refractivity contribution in [2.24, 2.45) is 0 Å². The van der Waals surface area contributed by atoms with Gasteiger partial charge in [0, 0.05) is 18.7 Å². The Morgan fingerprint density at radius 1 is 1.09 bits per heavy atom. The van der Waals surface area contributed by atoms with E-state index < -0.39 is 23.2 Å². The summed E-state index contributed by atoms with van der Waals surface area (Å²) in [5.74, 6) is -0.782. The third kappa shape index (κ3) is 4.86. The molecule has 0 radical (unpaired) electrons. The highest BCUT2D eigenvalue weighted by atomic mass is 19.4. The molecule has 3 aromatic rings. The molecule has 0 amide bonds. The maximum Gasteiger partial charge on any atom is 0.417 e. The van der Waals surface area contributed by atoms with Crippen molar-refractivity contribution in [2.45, 2.75) is 31.9 Å². The summed E-state index contributed by atoms with van der Waals surface area (Å²) in [7, 11) is 0. The molecule has 2 aromatic heterocycles. The Bertz CT molecular complexity index is 1240. The molecule has 0 atom stereocenters. The lowest BCUT2D eigenvalue weighted by atomic mass is 10.0. The fourth-order valence-electron chi connectivity index (χ4n) is 3.90. The van der Waals surface area contributed by atoms with Crippen LogP contribution in [0.5, 0.6) is 0 Å². The van der Waals surface area contributed by atoms with Gasteiger partial charge in [-0.3, -0.25) is 4.79 Å². The van der Waals surface area contributed by atoms with Crippen molar-refractivity contribution < 1.29 is 18.0 Å². The van der Waals surface area contributed by atoms with Gasteiger partial charge in [-0.2, -0.15) is 18.2 Å². The first kappa shape index (κ1) is 22.4. The molecule has 0 bridgehead atoms. The van der Waals surface area contributed by atoms with Crippen LogP contribution in [-0.2, 0) is 12.6 Å². The highest BCUT2D eigenvalue weighted by Gasteiger charge is 2.34. The van der Waals surface area contributed by atoms with E-state index in [0.717, 1.165) is 44.6 Å². The number of nitrogen functional groups attached to an aromatic ring is 1. The van der Waals surface area contributed by atoms with Gasteiger partial charge >= 0.3 is 11.9 Å². The molecule has 1 saturated heterocycles. The molecule has 11 heteroatoms. The quantitative estimate of drug-likeness (QED) is 0.564. The van der Waals surface area contributed by atoms with Crippen LogP contribution in [0.2, 0.25) is 0 Å². The third-order valence-corrected chi connectivity index (χ3v) is 5.48. The number of alkyl halides is 3. The van der Waals surface area contributed by atoms with Crippen LogP contribution in [0.4, 0.5) is 24.7 Å². The van der Waals surface area contributed by atoms with Crippen molar-refractivity contribution in [3.05, 3.63) is 64.1 Å². The summed E-state index contributed by atoms with van der Waals surface area (Å²) in [5, 5.41) is 0. The summed E-state index contributed by atoms with van der Waals surface area (Å²) in [4.78, 5) is 41.3. The van der Waals surface area contributed by atoms with E-state index in [4.69, 9.17) is 5.73 Å². The minimum absolute atomic E-state index is 0.125. The number of nitrogens with one attached hydrogen (secondary N) is 1. The minimum atomic E-state index is -4.61. The lowest BCUT2D eigenvalue weighted by Crippen LogP contribution is -2.32. The van der Waals surface area contributed by atoms with Gasteiger partial charge in [0.25, 0.3) is 0 Å². The van der Waals surface area contributed by atoms with Crippen LogP contribution in [0.3, 0.4) is 0 Å². The number of benzene rings is 1. The summed E-state index contributed by atoms with van der Waals surface area (Å²) in [6, 6.07) is 4.90. The zero-order valence-electron chi connectivity index (χ0n) is 17.5. The molecular weight excluding hydrogens is 437 g/mol. The van der Waals surface area contributed by atoms with Crippen LogP contribution in [-0.4, -0.2) is 38.8 Å². The van der Waals surface area contributed by atoms with Gasteiger partial charge in [0.15, 0.2) is 11.6 Å². The van der Waals surface area contributed by atoms with Crippen LogP contribution in [0, 0.1) is 0 Å². The Morgan fingerprint density at radius 2 is 1.82 bits per heavy atom. The first-order valence-corrected chi connectivity index (χ1v) is 10.4. The van der Waals surface area contributed by atoms with Crippen molar-refractivity contribution in [1.29, 1.82) is 0 Å². The Morgan fingerprint density at radius 3 is 2.55 bits per heavy atom. The number of nitrogens with two attached hydrogens (primary N) is 1. The minimum Gasteiger partial charge on any atom is -0.382 e. The Balaban J connectivity index is 1.69. The van der Waals surface area contributed by atoms with E-state index in [1.54, 1.807) is 0 Å². The van der Waals surface area contributed by atoms with Gasteiger partial charge < -0.3 is 15.6 Å². The van der Waals surface area contributed by atoms with Crippen molar-refractivity contribution in [1.82, 2.24) is 19.9 Å². The molecule has 33 heavy (non-hydrogen) atoms. The predicted octanol–water partition coefficient (Wildman–Crippen LogP) is 3.24. The zero-order valence-corrected chi connectivity index (χ0v) is 17.5. The van der Waals surface area contributed by atoms with Crippen molar-refractivity contribution in [2.75, 3.05) is 23.7 Å². The topological polar surface area (TPSA) is 118 Å². The van der Waals surface area contributed by atoms with Crippen LogP contribution in [0.1, 0.15) is 41.0 Å². The molecule has 8 nitrogen and oxygen atoms in total. The fraction of sp³-hybridized carbons (Fsp3) is 0.318. The highest BCUT2D eigenvalue weighted by Crippen LogP contribution is 2.36. The molecule has 0 aliphatic carbocycles. The molecule has 3 heterocycles. The number of aromatic amines is 1. The van der Waals surface area contributed by atoms with E-state index in [9.17, 15) is 22.8 Å². The largest absolute Gasteiger partial charge is 0.417 e. The number of halogens is 3. The second-order valence-electron chi connectivity index (χ2n) is 7.73. The molecule has 1 aliphatic rings. The number of anilines is 2. The maximum atomic E-state index is 13.4. The smallest absolute Gasteiger partial charge is 0.382 e. The van der Waals surface area contributed by atoms with Crippen molar-refractivity contribution in [3.8, 4) is 11.3 Å². The van der Waals surface area contributed by atoms with E-state index in [2.05, 4.69) is 19.9 Å². The van der Waals surface area contributed by atoms with E-state index >= 15 is 0 Å². The SMILES string of the molecule is Nc1ncc(-c2ccccc2C(F)(F)F)nc1C(=O)Cc1[nH]c(=O)ncc1N1CCCCC1. The molecule has 4 rings (SSSR count). The van der Waals surface area contributed by atoms with Gasteiger partial charge in [-0.25, -0.2) is 14.8 Å². The number of Topliss-reactive ketones (excluding diaryl/α,β-unsaturated/α-hetero) is 1. The maximum absolute atomic E-state index is 13.4. The molecular formula is C22H21F3N6O2. The van der Waals surface area contributed by atoms with Gasteiger partial charge in [0.05, 0.1) is 41.5 Å². The van der Waals surface area contributed by atoms with E-state index in [1.807, 2.05) is 4.90 Å². The number of piperidine rings is 1. The Labute approximate surface area is 186 Å². The average Bonchev–Trinajstić information content (AvgIpc) is 2.79. The summed E-state index contributed by atoms with van der Waals surface area (Å²) in [6.45, 7) is 1.53. The van der Waals surface area contributed by atoms with Crippen LogP contribution >= 0.6 is 0 Å². The molecule has 1 aliphatic heterocycles. The normalized spacial score (nSPS) is 14.3. The van der Waals surface area contributed by atoms with Crippen LogP contribution in [0.15, 0.2) is 41.5 Å². The van der Waals surface area contributed by atoms with Gasteiger partial charge in [-0.1, -0.05) is 18.2 Å². The molecule has 172 valence electrons. The second kappa shape index (κ2) is 9.00. The molecule has 3 N–H and O–H groups in total. The standard InChI is InChI=1S/C22H21F3N6O2/c23-22(24,25)14-7-3-2-6-13(14)16-11-27-20(26)19(29-16)18(32)10-15-17(12-28-21(33)30-15)31-8-4-1-5-9-31/h2-3,6-7,11-12H,1,4-5,8-10H2,(H2,26,27)(H,28,30,33). The lowest BCUT2D eigenvalue weighted by molar-refractivity contribution is -0.137. The highest BCUT2D eigenvalue weighted by molar-refractivity contribution is 6.00. The monoisotopic (exact) mass is 458 g/mol. The summed E-state index contributed by atoms with van der Waals surface area (Å²) in [5.41, 5.74) is 4.73. The van der Waals surface area contributed by atoms with Crippen LogP contribution < -0.4 is 16.3 Å². The number of ketones is 1. The van der Waals surface area contributed by atoms with E-state index in [1.165, 1.54) is 24.4 Å². The number of rotatable bonds is 5. The first-order valence-electron chi connectivity index (χ1n) is 10.4. The molecule has 0 saturated carbocycles. The van der Waals surface area contributed by atoms with Crippen LogP contribution in [0.25, 0.3) is 11.3 Å². The third-order valence-electron chi connectivity index (χ3n) is 5.48. The van der Waals surface area contributed by atoms with Gasteiger partial charge in [0.1, 0.15) is 5.69 Å². The van der Waals surface area contributed by atoms with E-state index in [0.29, 0.717) is 11.4 Å². The number of nitrogens with zero attached hydrogens (tertiary/aromatic N) is 4. The number of carbonyl (C=O) groups is 1. The average molecular weight is 458 g/mol. The number of hydrogen-bond acceptors (Lipinski definition) is 7.